The van der Waals surface area contributed by atoms with Crippen LogP contribution in [0.1, 0.15) is 34.1 Å². The Kier molecular flexibility index (Phi) is 8.46. The van der Waals surface area contributed by atoms with Gasteiger partial charge in [0, 0.05) is 12.6 Å². The first-order chi connectivity index (χ1) is 7.35. The van der Waals surface area contributed by atoms with Crippen LogP contribution in [0.25, 0.3) is 0 Å². The van der Waals surface area contributed by atoms with Crippen LogP contribution in [0.15, 0.2) is 0 Å². The maximum absolute atomic E-state index is 9.69. The van der Waals surface area contributed by atoms with E-state index in [1.165, 1.54) is 0 Å². The van der Waals surface area contributed by atoms with E-state index in [0.717, 1.165) is 12.2 Å². The second-order valence-electron chi connectivity index (χ2n) is 5.17. The monoisotopic (exact) mass is 249 g/mol. The van der Waals surface area contributed by atoms with Crippen molar-refractivity contribution in [2.24, 2.45) is 0 Å². The maximum atomic E-state index is 9.69. The second-order valence-corrected chi connectivity index (χ2v) is 6.15. The fourth-order valence-electron chi connectivity index (χ4n) is 1.14. The molecule has 4 heteroatoms. The van der Waals surface area contributed by atoms with Gasteiger partial charge in [-0.15, -0.1) is 0 Å². The van der Waals surface area contributed by atoms with Gasteiger partial charge >= 0.3 is 0 Å². The standard InChI is InChI=1S/C12H27NO2S/c1-10(6-7-16-5)13-8-11(14)9-15-12(2,3)4/h10-11,13-14H,6-9H2,1-5H3. The fraction of sp³-hybridized carbons (Fsp3) is 1.00. The summed E-state index contributed by atoms with van der Waals surface area (Å²) in [6.45, 7) is 9.13. The van der Waals surface area contributed by atoms with Crippen molar-refractivity contribution in [3.63, 3.8) is 0 Å². The van der Waals surface area contributed by atoms with E-state index in [4.69, 9.17) is 4.74 Å². The van der Waals surface area contributed by atoms with E-state index in [2.05, 4.69) is 18.5 Å². The lowest BCUT2D eigenvalue weighted by molar-refractivity contribution is -0.0482. The highest BCUT2D eigenvalue weighted by atomic mass is 32.2. The van der Waals surface area contributed by atoms with E-state index in [1.54, 1.807) is 0 Å². The minimum atomic E-state index is -0.420. The molecule has 0 fully saturated rings. The third kappa shape index (κ3) is 10.7. The quantitative estimate of drug-likeness (QED) is 0.689. The summed E-state index contributed by atoms with van der Waals surface area (Å²) in [6.07, 6.45) is 2.82. The Morgan fingerprint density at radius 1 is 1.38 bits per heavy atom. The highest BCUT2D eigenvalue weighted by Gasteiger charge is 2.13. The average molecular weight is 249 g/mol. The number of rotatable bonds is 8. The molecule has 2 N–H and O–H groups in total. The summed E-state index contributed by atoms with van der Waals surface area (Å²) in [5.41, 5.74) is -0.175. The molecular weight excluding hydrogens is 222 g/mol. The largest absolute Gasteiger partial charge is 0.389 e. The van der Waals surface area contributed by atoms with Gasteiger partial charge in [0.1, 0.15) is 0 Å². The van der Waals surface area contributed by atoms with Crippen molar-refractivity contribution in [3.8, 4) is 0 Å². The van der Waals surface area contributed by atoms with Crippen molar-refractivity contribution in [1.29, 1.82) is 0 Å². The molecule has 2 unspecified atom stereocenters. The van der Waals surface area contributed by atoms with Gasteiger partial charge in [-0.1, -0.05) is 0 Å². The topological polar surface area (TPSA) is 41.5 Å². The van der Waals surface area contributed by atoms with Crippen molar-refractivity contribution in [3.05, 3.63) is 0 Å². The summed E-state index contributed by atoms with van der Waals surface area (Å²) in [5, 5.41) is 13.0. The highest BCUT2D eigenvalue weighted by molar-refractivity contribution is 7.98. The maximum Gasteiger partial charge on any atom is 0.0898 e. The number of aliphatic hydroxyl groups is 1. The van der Waals surface area contributed by atoms with E-state index < -0.39 is 6.10 Å². The lowest BCUT2D eigenvalue weighted by Crippen LogP contribution is -2.37. The Balaban J connectivity index is 3.53. The fourth-order valence-corrected chi connectivity index (χ4v) is 1.73. The first-order valence-electron chi connectivity index (χ1n) is 5.89. The molecule has 0 aliphatic rings. The summed E-state index contributed by atoms with van der Waals surface area (Å²) in [6, 6.07) is 0.455. The molecule has 0 aliphatic carbocycles. The molecule has 0 aromatic carbocycles. The van der Waals surface area contributed by atoms with Crippen LogP contribution >= 0.6 is 11.8 Å². The molecule has 98 valence electrons. The predicted octanol–water partition coefficient (Wildman–Crippen LogP) is 1.89. The molecule has 0 amide bonds. The lowest BCUT2D eigenvalue weighted by Gasteiger charge is -2.23. The molecule has 0 saturated carbocycles. The normalized spacial score (nSPS) is 16.1. The van der Waals surface area contributed by atoms with E-state index in [0.29, 0.717) is 19.2 Å². The molecule has 0 rings (SSSR count). The Hall–Kier alpha value is 0.230. The third-order valence-corrected chi connectivity index (χ3v) is 2.81. The van der Waals surface area contributed by atoms with Crippen LogP contribution in [0.2, 0.25) is 0 Å². The van der Waals surface area contributed by atoms with Crippen molar-refractivity contribution in [2.45, 2.75) is 51.9 Å². The molecule has 3 nitrogen and oxygen atoms in total. The first kappa shape index (κ1) is 16.2. The van der Waals surface area contributed by atoms with Gasteiger partial charge in [0.25, 0.3) is 0 Å². The number of hydrogen-bond acceptors (Lipinski definition) is 4. The van der Waals surface area contributed by atoms with Gasteiger partial charge in [-0.25, -0.2) is 0 Å². The van der Waals surface area contributed by atoms with E-state index in [1.807, 2.05) is 32.5 Å². The summed E-state index contributed by atoms with van der Waals surface area (Å²) < 4.78 is 5.51. The van der Waals surface area contributed by atoms with Crippen LogP contribution in [0.3, 0.4) is 0 Å². The van der Waals surface area contributed by atoms with Gasteiger partial charge in [0.2, 0.25) is 0 Å². The molecule has 0 spiro atoms. The third-order valence-electron chi connectivity index (χ3n) is 2.17. The van der Waals surface area contributed by atoms with Crippen LogP contribution in [0, 0.1) is 0 Å². The van der Waals surface area contributed by atoms with Gasteiger partial charge in [-0.05, 0) is 46.1 Å². The van der Waals surface area contributed by atoms with Crippen molar-refractivity contribution < 1.29 is 9.84 Å². The smallest absolute Gasteiger partial charge is 0.0898 e. The zero-order valence-electron chi connectivity index (χ0n) is 11.2. The van der Waals surface area contributed by atoms with Crippen LogP contribution < -0.4 is 5.32 Å². The van der Waals surface area contributed by atoms with Crippen LogP contribution in [-0.4, -0.2) is 48.0 Å². The zero-order valence-corrected chi connectivity index (χ0v) is 12.1. The Labute approximate surface area is 104 Å². The minimum Gasteiger partial charge on any atom is -0.389 e. The molecule has 16 heavy (non-hydrogen) atoms. The summed E-state index contributed by atoms with van der Waals surface area (Å²) in [7, 11) is 0. The SMILES string of the molecule is CSCCC(C)NCC(O)COC(C)(C)C. The molecule has 0 aromatic heterocycles. The number of ether oxygens (including phenoxy) is 1. The summed E-state index contributed by atoms with van der Waals surface area (Å²) in [5.74, 6) is 1.16. The number of aliphatic hydroxyl groups excluding tert-OH is 1. The first-order valence-corrected chi connectivity index (χ1v) is 7.29. The summed E-state index contributed by atoms with van der Waals surface area (Å²) in [4.78, 5) is 0. The molecule has 0 saturated heterocycles. The Bertz CT molecular complexity index is 171. The molecule has 0 heterocycles. The number of nitrogens with one attached hydrogen (secondary N) is 1. The molecule has 0 aliphatic heterocycles. The van der Waals surface area contributed by atoms with Gasteiger partial charge in [0.15, 0.2) is 0 Å². The molecule has 0 radical (unpaired) electrons. The summed E-state index contributed by atoms with van der Waals surface area (Å²) >= 11 is 1.85. The molecular formula is C12H27NO2S. The van der Waals surface area contributed by atoms with Crippen LogP contribution in [0.5, 0.6) is 0 Å². The lowest BCUT2D eigenvalue weighted by atomic mass is 10.2. The molecule has 0 bridgehead atoms. The Morgan fingerprint density at radius 2 is 2.00 bits per heavy atom. The Morgan fingerprint density at radius 3 is 2.50 bits per heavy atom. The second kappa shape index (κ2) is 8.34. The van der Waals surface area contributed by atoms with E-state index >= 15 is 0 Å². The van der Waals surface area contributed by atoms with Crippen molar-refractivity contribution in [1.82, 2.24) is 5.32 Å². The zero-order chi connectivity index (χ0) is 12.6. The number of hydrogen-bond donors (Lipinski definition) is 2. The van der Waals surface area contributed by atoms with Crippen LogP contribution in [0.4, 0.5) is 0 Å². The van der Waals surface area contributed by atoms with Gasteiger partial charge in [-0.2, -0.15) is 11.8 Å². The van der Waals surface area contributed by atoms with Crippen molar-refractivity contribution in [2.75, 3.05) is 25.2 Å². The van der Waals surface area contributed by atoms with Gasteiger partial charge in [-0.3, -0.25) is 0 Å². The van der Waals surface area contributed by atoms with Gasteiger partial charge < -0.3 is 15.2 Å². The van der Waals surface area contributed by atoms with Gasteiger partial charge in [0.05, 0.1) is 18.3 Å². The van der Waals surface area contributed by atoms with Crippen LogP contribution in [-0.2, 0) is 4.74 Å². The average Bonchev–Trinajstić information content (AvgIpc) is 2.19. The van der Waals surface area contributed by atoms with E-state index in [9.17, 15) is 5.11 Å². The molecule has 2 atom stereocenters. The number of thioether (sulfide) groups is 1. The van der Waals surface area contributed by atoms with E-state index in [-0.39, 0.29) is 5.60 Å². The predicted molar refractivity (Wildman–Crippen MR) is 72.2 cm³/mol. The highest BCUT2D eigenvalue weighted by Crippen LogP contribution is 2.07. The molecule has 0 aromatic rings. The minimum absolute atomic E-state index is 0.175. The van der Waals surface area contributed by atoms with Crippen molar-refractivity contribution >= 4 is 11.8 Å².